The Morgan fingerprint density at radius 1 is 1.04 bits per heavy atom. The third kappa shape index (κ3) is 3.09. The molecule has 0 fully saturated rings. The summed E-state index contributed by atoms with van der Waals surface area (Å²) in [6.45, 7) is 9.98. The summed E-state index contributed by atoms with van der Waals surface area (Å²) >= 11 is 0. The van der Waals surface area contributed by atoms with Crippen molar-refractivity contribution in [3.05, 3.63) is 58.1 Å². The van der Waals surface area contributed by atoms with E-state index in [1.54, 1.807) is 0 Å². The molecule has 0 aromatic heterocycles. The maximum absolute atomic E-state index is 12.5. The first-order valence-corrected chi connectivity index (χ1v) is 10.7. The first-order chi connectivity index (χ1) is 12.0. The van der Waals surface area contributed by atoms with E-state index in [1.165, 1.54) is 6.26 Å². The standard InChI is InChI=1S/C21H26O4S/c1-13-14(2)19-17(20(26(6,22)23)21(4,5)25-19)15(3)18(13)24-12-16-10-8-7-9-11-16/h7-11,20H,12H2,1-6H3/t20-/m1/s1. The van der Waals surface area contributed by atoms with E-state index in [1.807, 2.05) is 65.0 Å². The van der Waals surface area contributed by atoms with E-state index in [9.17, 15) is 8.42 Å². The molecule has 1 aliphatic heterocycles. The van der Waals surface area contributed by atoms with Gasteiger partial charge in [0.05, 0.1) is 0 Å². The van der Waals surface area contributed by atoms with Gasteiger partial charge in [-0.2, -0.15) is 0 Å². The van der Waals surface area contributed by atoms with Gasteiger partial charge in [0.1, 0.15) is 29.0 Å². The topological polar surface area (TPSA) is 52.6 Å². The van der Waals surface area contributed by atoms with E-state index < -0.39 is 20.7 Å². The summed E-state index contributed by atoms with van der Waals surface area (Å²) in [4.78, 5) is 0. The van der Waals surface area contributed by atoms with Gasteiger partial charge in [-0.15, -0.1) is 0 Å². The summed E-state index contributed by atoms with van der Waals surface area (Å²) in [6.07, 6.45) is 1.27. The number of ether oxygens (including phenoxy) is 2. The van der Waals surface area contributed by atoms with Gasteiger partial charge in [0, 0.05) is 11.8 Å². The maximum Gasteiger partial charge on any atom is 0.158 e. The molecule has 0 radical (unpaired) electrons. The minimum absolute atomic E-state index is 0.439. The lowest BCUT2D eigenvalue weighted by atomic mass is 9.93. The zero-order valence-electron chi connectivity index (χ0n) is 16.2. The summed E-state index contributed by atoms with van der Waals surface area (Å²) in [5.41, 5.74) is 3.77. The molecule has 0 aliphatic carbocycles. The quantitative estimate of drug-likeness (QED) is 0.793. The average molecular weight is 375 g/mol. The second-order valence-corrected chi connectivity index (χ2v) is 9.77. The SMILES string of the molecule is Cc1c(C)c2c(c(C)c1OCc1ccccc1)[C@@H](S(C)(=O)=O)C(C)(C)O2. The second kappa shape index (κ2) is 6.31. The van der Waals surface area contributed by atoms with Crippen molar-refractivity contribution in [2.24, 2.45) is 0 Å². The molecule has 1 heterocycles. The van der Waals surface area contributed by atoms with Crippen molar-refractivity contribution in [1.29, 1.82) is 0 Å². The lowest BCUT2D eigenvalue weighted by Crippen LogP contribution is -2.34. The van der Waals surface area contributed by atoms with Crippen molar-refractivity contribution in [2.75, 3.05) is 6.26 Å². The number of hydrogen-bond acceptors (Lipinski definition) is 4. The predicted octanol–water partition coefficient (Wildman–Crippen LogP) is 4.45. The third-order valence-electron chi connectivity index (χ3n) is 5.15. The van der Waals surface area contributed by atoms with Crippen LogP contribution < -0.4 is 9.47 Å². The van der Waals surface area contributed by atoms with E-state index in [0.717, 1.165) is 33.6 Å². The molecular formula is C21H26O4S. The third-order valence-corrected chi connectivity index (χ3v) is 6.81. The zero-order valence-corrected chi connectivity index (χ0v) is 17.0. The lowest BCUT2D eigenvalue weighted by molar-refractivity contribution is 0.132. The van der Waals surface area contributed by atoms with Gasteiger partial charge in [-0.05, 0) is 56.9 Å². The monoisotopic (exact) mass is 374 g/mol. The average Bonchev–Trinajstić information content (AvgIpc) is 2.85. The molecule has 0 N–H and O–H groups in total. The maximum atomic E-state index is 12.5. The van der Waals surface area contributed by atoms with E-state index in [0.29, 0.717) is 12.4 Å². The van der Waals surface area contributed by atoms with Gasteiger partial charge >= 0.3 is 0 Å². The smallest absolute Gasteiger partial charge is 0.158 e. The highest BCUT2D eigenvalue weighted by Gasteiger charge is 2.49. The molecule has 140 valence electrons. The fourth-order valence-corrected chi connectivity index (χ4v) is 5.69. The van der Waals surface area contributed by atoms with Crippen molar-refractivity contribution >= 4 is 9.84 Å². The number of sulfone groups is 1. The van der Waals surface area contributed by atoms with Crippen molar-refractivity contribution in [3.8, 4) is 11.5 Å². The summed E-state index contributed by atoms with van der Waals surface area (Å²) in [5.74, 6) is 1.44. The van der Waals surface area contributed by atoms with E-state index >= 15 is 0 Å². The first-order valence-electron chi connectivity index (χ1n) is 8.72. The van der Waals surface area contributed by atoms with Gasteiger partial charge in [-0.25, -0.2) is 8.42 Å². The Balaban J connectivity index is 2.11. The summed E-state index contributed by atoms with van der Waals surface area (Å²) < 4.78 is 37.3. The fraction of sp³-hybridized carbons (Fsp3) is 0.429. The number of fused-ring (bicyclic) bond motifs is 1. The molecule has 0 saturated carbocycles. The Bertz CT molecular complexity index is 944. The summed E-state index contributed by atoms with van der Waals surface area (Å²) in [5, 5.41) is -0.705. The Morgan fingerprint density at radius 2 is 1.65 bits per heavy atom. The summed E-state index contributed by atoms with van der Waals surface area (Å²) in [6, 6.07) is 9.94. The van der Waals surface area contributed by atoms with E-state index in [-0.39, 0.29) is 0 Å². The molecule has 1 aliphatic rings. The minimum Gasteiger partial charge on any atom is -0.488 e. The van der Waals surface area contributed by atoms with Crippen molar-refractivity contribution in [1.82, 2.24) is 0 Å². The molecule has 4 nitrogen and oxygen atoms in total. The Kier molecular flexibility index (Phi) is 4.55. The lowest BCUT2D eigenvalue weighted by Gasteiger charge is -2.25. The Morgan fingerprint density at radius 3 is 2.23 bits per heavy atom. The summed E-state index contributed by atoms with van der Waals surface area (Å²) in [7, 11) is -3.34. The minimum atomic E-state index is -3.34. The van der Waals surface area contributed by atoms with E-state index in [2.05, 4.69) is 0 Å². The molecule has 0 amide bonds. The molecule has 0 spiro atoms. The molecule has 3 rings (SSSR count). The van der Waals surface area contributed by atoms with Gasteiger partial charge in [0.2, 0.25) is 0 Å². The fourth-order valence-electron chi connectivity index (χ4n) is 3.90. The van der Waals surface area contributed by atoms with Gasteiger partial charge < -0.3 is 9.47 Å². The number of hydrogen-bond donors (Lipinski definition) is 0. The van der Waals surface area contributed by atoms with Crippen LogP contribution in [0.1, 0.15) is 46.9 Å². The first kappa shape index (κ1) is 18.8. The van der Waals surface area contributed by atoms with Crippen LogP contribution in [0.2, 0.25) is 0 Å². The van der Waals surface area contributed by atoms with Crippen LogP contribution in [-0.4, -0.2) is 20.3 Å². The van der Waals surface area contributed by atoms with Crippen LogP contribution in [0.4, 0.5) is 0 Å². The van der Waals surface area contributed by atoms with Gasteiger partial charge in [0.15, 0.2) is 9.84 Å². The van der Waals surface area contributed by atoms with Crippen LogP contribution in [-0.2, 0) is 16.4 Å². The van der Waals surface area contributed by atoms with Crippen molar-refractivity contribution < 1.29 is 17.9 Å². The molecule has 2 aromatic carbocycles. The van der Waals surface area contributed by atoms with Gasteiger partial charge in [-0.3, -0.25) is 0 Å². The Labute approximate surface area is 156 Å². The molecule has 0 saturated heterocycles. The molecule has 0 bridgehead atoms. The zero-order chi connectivity index (χ0) is 19.3. The van der Waals surface area contributed by atoms with Crippen LogP contribution in [0, 0.1) is 20.8 Å². The largest absolute Gasteiger partial charge is 0.488 e. The highest BCUT2D eigenvalue weighted by Crippen LogP contribution is 2.53. The number of benzene rings is 2. The molecular weight excluding hydrogens is 348 g/mol. The van der Waals surface area contributed by atoms with Crippen LogP contribution in [0.3, 0.4) is 0 Å². The van der Waals surface area contributed by atoms with Crippen LogP contribution in [0.15, 0.2) is 30.3 Å². The normalized spacial score (nSPS) is 18.3. The predicted molar refractivity (Wildman–Crippen MR) is 104 cm³/mol. The molecule has 0 unspecified atom stereocenters. The Hall–Kier alpha value is -2.01. The number of rotatable bonds is 4. The molecule has 26 heavy (non-hydrogen) atoms. The van der Waals surface area contributed by atoms with Crippen molar-refractivity contribution in [3.63, 3.8) is 0 Å². The molecule has 5 heteroatoms. The van der Waals surface area contributed by atoms with Crippen LogP contribution in [0.25, 0.3) is 0 Å². The molecule has 2 aromatic rings. The molecule has 1 atom stereocenters. The van der Waals surface area contributed by atoms with Crippen molar-refractivity contribution in [2.45, 2.75) is 52.1 Å². The van der Waals surface area contributed by atoms with Crippen LogP contribution in [0.5, 0.6) is 11.5 Å². The van der Waals surface area contributed by atoms with Crippen LogP contribution >= 0.6 is 0 Å². The second-order valence-electron chi connectivity index (χ2n) is 7.64. The van der Waals surface area contributed by atoms with Gasteiger partial charge in [0.25, 0.3) is 0 Å². The van der Waals surface area contributed by atoms with Gasteiger partial charge in [-0.1, -0.05) is 30.3 Å². The highest BCUT2D eigenvalue weighted by molar-refractivity contribution is 7.91. The highest BCUT2D eigenvalue weighted by atomic mass is 32.2. The van der Waals surface area contributed by atoms with E-state index in [4.69, 9.17) is 9.47 Å².